The highest BCUT2D eigenvalue weighted by Gasteiger charge is 2.45. The van der Waals surface area contributed by atoms with Crippen molar-refractivity contribution in [1.82, 2.24) is 10.2 Å². The van der Waals surface area contributed by atoms with Crippen molar-refractivity contribution in [2.75, 3.05) is 32.8 Å². The molecule has 2 aliphatic rings. The van der Waals surface area contributed by atoms with Gasteiger partial charge in [0, 0.05) is 39.3 Å². The second-order valence-electron chi connectivity index (χ2n) is 4.54. The number of ether oxygens (including phenoxy) is 1. The maximum atomic E-state index is 11.6. The van der Waals surface area contributed by atoms with Crippen molar-refractivity contribution in [3.05, 3.63) is 0 Å². The normalized spacial score (nSPS) is 26.0. The van der Waals surface area contributed by atoms with Crippen LogP contribution in [0.3, 0.4) is 0 Å². The van der Waals surface area contributed by atoms with Crippen LogP contribution < -0.4 is 5.32 Å². The number of aliphatic carboxylic acids is 1. The summed E-state index contributed by atoms with van der Waals surface area (Å²) in [5.74, 6) is -0.796. The Labute approximate surface area is 99.9 Å². The summed E-state index contributed by atoms with van der Waals surface area (Å²) < 4.78 is 5.25. The van der Waals surface area contributed by atoms with Crippen molar-refractivity contribution in [3.8, 4) is 0 Å². The number of carbonyl (C=O) groups excluding carboxylic acids is 1. The van der Waals surface area contributed by atoms with E-state index in [4.69, 9.17) is 4.74 Å². The van der Waals surface area contributed by atoms with Gasteiger partial charge in [-0.2, -0.15) is 0 Å². The zero-order valence-corrected chi connectivity index (χ0v) is 9.78. The number of amides is 1. The fourth-order valence-electron chi connectivity index (χ4n) is 2.57. The predicted octanol–water partition coefficient (Wildman–Crippen LogP) is -0.558. The first-order valence-electron chi connectivity index (χ1n) is 5.98. The molecule has 2 saturated heterocycles. The van der Waals surface area contributed by atoms with E-state index in [9.17, 15) is 14.7 Å². The standard InChI is InChI=1S/C11H18N2O4/c14-9-1-5-13(6-4-12-9)11(10(15)16)2-7-17-8-3-11/h1-8H2,(H,12,14)(H,15,16). The van der Waals surface area contributed by atoms with Gasteiger partial charge < -0.3 is 15.2 Å². The summed E-state index contributed by atoms with van der Waals surface area (Å²) in [6, 6.07) is 0. The SMILES string of the molecule is O=C1CCN(C2(C(=O)O)CCOCC2)CCN1. The van der Waals surface area contributed by atoms with Gasteiger partial charge in [-0.05, 0) is 12.8 Å². The molecule has 96 valence electrons. The molecule has 1 amide bonds. The Morgan fingerprint density at radius 2 is 2.06 bits per heavy atom. The Hall–Kier alpha value is -1.14. The number of carbonyl (C=O) groups is 2. The zero-order valence-electron chi connectivity index (χ0n) is 9.78. The molecule has 2 fully saturated rings. The molecule has 2 N–H and O–H groups in total. The van der Waals surface area contributed by atoms with Gasteiger partial charge in [0.2, 0.25) is 5.91 Å². The molecule has 0 saturated carbocycles. The lowest BCUT2D eigenvalue weighted by Gasteiger charge is -2.42. The van der Waals surface area contributed by atoms with E-state index >= 15 is 0 Å². The quantitative estimate of drug-likeness (QED) is 0.678. The smallest absolute Gasteiger partial charge is 0.324 e. The molecule has 0 aromatic heterocycles. The topological polar surface area (TPSA) is 78.9 Å². The van der Waals surface area contributed by atoms with Crippen molar-refractivity contribution in [3.63, 3.8) is 0 Å². The van der Waals surface area contributed by atoms with E-state index in [2.05, 4.69) is 5.32 Å². The molecule has 0 bridgehead atoms. The monoisotopic (exact) mass is 242 g/mol. The van der Waals surface area contributed by atoms with Gasteiger partial charge in [0.1, 0.15) is 5.54 Å². The van der Waals surface area contributed by atoms with Crippen LogP contribution in [0.4, 0.5) is 0 Å². The van der Waals surface area contributed by atoms with Crippen LogP contribution in [0.2, 0.25) is 0 Å². The number of nitrogens with zero attached hydrogens (tertiary/aromatic N) is 1. The molecule has 0 aliphatic carbocycles. The molecule has 6 heteroatoms. The van der Waals surface area contributed by atoms with Gasteiger partial charge in [-0.25, -0.2) is 0 Å². The van der Waals surface area contributed by atoms with Gasteiger partial charge >= 0.3 is 5.97 Å². The van der Waals surface area contributed by atoms with Gasteiger partial charge in [-0.3, -0.25) is 14.5 Å². The third-order valence-corrected chi connectivity index (χ3v) is 3.64. The van der Waals surface area contributed by atoms with Gasteiger partial charge in [0.05, 0.1) is 0 Å². The largest absolute Gasteiger partial charge is 0.480 e. The Morgan fingerprint density at radius 3 is 2.71 bits per heavy atom. The van der Waals surface area contributed by atoms with Gasteiger partial charge in [-0.15, -0.1) is 0 Å². The van der Waals surface area contributed by atoms with Crippen molar-refractivity contribution >= 4 is 11.9 Å². The third-order valence-electron chi connectivity index (χ3n) is 3.64. The number of rotatable bonds is 2. The lowest BCUT2D eigenvalue weighted by molar-refractivity contribution is -0.158. The summed E-state index contributed by atoms with van der Waals surface area (Å²) in [6.45, 7) is 2.58. The Kier molecular flexibility index (Phi) is 3.63. The second kappa shape index (κ2) is 5.01. The van der Waals surface area contributed by atoms with E-state index in [-0.39, 0.29) is 5.91 Å². The van der Waals surface area contributed by atoms with Crippen LogP contribution in [0.1, 0.15) is 19.3 Å². The molecular weight excluding hydrogens is 224 g/mol. The highest BCUT2D eigenvalue weighted by molar-refractivity contribution is 5.80. The van der Waals surface area contributed by atoms with Crippen LogP contribution in [0.25, 0.3) is 0 Å². The molecule has 0 spiro atoms. The molecule has 0 atom stereocenters. The first-order valence-corrected chi connectivity index (χ1v) is 5.98. The molecular formula is C11H18N2O4. The number of hydrogen-bond acceptors (Lipinski definition) is 4. The van der Waals surface area contributed by atoms with Crippen LogP contribution in [-0.2, 0) is 14.3 Å². The maximum absolute atomic E-state index is 11.6. The summed E-state index contributed by atoms with van der Waals surface area (Å²) in [7, 11) is 0. The molecule has 6 nitrogen and oxygen atoms in total. The second-order valence-corrected chi connectivity index (χ2v) is 4.54. The van der Waals surface area contributed by atoms with Crippen molar-refractivity contribution in [2.45, 2.75) is 24.8 Å². The first kappa shape index (κ1) is 12.3. The maximum Gasteiger partial charge on any atom is 0.324 e. The Bertz CT molecular complexity index is 313. The molecule has 0 radical (unpaired) electrons. The summed E-state index contributed by atoms with van der Waals surface area (Å²) in [4.78, 5) is 24.8. The van der Waals surface area contributed by atoms with Gasteiger partial charge in [0.15, 0.2) is 0 Å². The molecule has 2 aliphatic heterocycles. The van der Waals surface area contributed by atoms with Gasteiger partial charge in [-0.1, -0.05) is 0 Å². The fourth-order valence-corrected chi connectivity index (χ4v) is 2.57. The van der Waals surface area contributed by atoms with Crippen molar-refractivity contribution in [2.24, 2.45) is 0 Å². The van der Waals surface area contributed by atoms with Crippen LogP contribution in [0.5, 0.6) is 0 Å². The number of nitrogens with one attached hydrogen (secondary N) is 1. The number of hydrogen-bond donors (Lipinski definition) is 2. The minimum absolute atomic E-state index is 0.0000909. The van der Waals surface area contributed by atoms with Crippen LogP contribution in [0, 0.1) is 0 Å². The minimum atomic E-state index is -0.843. The molecule has 2 rings (SSSR count). The number of carboxylic acid groups (broad SMARTS) is 1. The van der Waals surface area contributed by atoms with E-state index < -0.39 is 11.5 Å². The average Bonchev–Trinajstić information content (AvgIpc) is 2.55. The van der Waals surface area contributed by atoms with E-state index in [0.29, 0.717) is 52.1 Å². The van der Waals surface area contributed by atoms with E-state index in [0.717, 1.165) is 0 Å². The van der Waals surface area contributed by atoms with Crippen molar-refractivity contribution in [1.29, 1.82) is 0 Å². The Morgan fingerprint density at radius 1 is 1.35 bits per heavy atom. The van der Waals surface area contributed by atoms with Crippen LogP contribution >= 0.6 is 0 Å². The van der Waals surface area contributed by atoms with E-state index in [1.807, 2.05) is 4.90 Å². The molecule has 0 aromatic rings. The summed E-state index contributed by atoms with van der Waals surface area (Å²) in [5.41, 5.74) is -0.843. The van der Waals surface area contributed by atoms with Crippen LogP contribution in [0.15, 0.2) is 0 Å². The highest BCUT2D eigenvalue weighted by atomic mass is 16.5. The van der Waals surface area contributed by atoms with Crippen molar-refractivity contribution < 1.29 is 19.4 Å². The molecule has 0 aromatic carbocycles. The van der Waals surface area contributed by atoms with E-state index in [1.165, 1.54) is 0 Å². The highest BCUT2D eigenvalue weighted by Crippen LogP contribution is 2.28. The summed E-state index contributed by atoms with van der Waals surface area (Å²) in [6.07, 6.45) is 1.36. The lowest BCUT2D eigenvalue weighted by Crippen LogP contribution is -2.58. The molecule has 0 unspecified atom stereocenters. The number of carboxylic acids is 1. The first-order chi connectivity index (χ1) is 8.15. The Balaban J connectivity index is 2.14. The third kappa shape index (κ3) is 2.42. The summed E-state index contributed by atoms with van der Waals surface area (Å²) in [5, 5.41) is 12.3. The zero-order chi connectivity index (χ0) is 12.3. The van der Waals surface area contributed by atoms with E-state index in [1.54, 1.807) is 0 Å². The van der Waals surface area contributed by atoms with Gasteiger partial charge in [0.25, 0.3) is 0 Å². The van der Waals surface area contributed by atoms with Crippen LogP contribution in [-0.4, -0.2) is 60.3 Å². The molecule has 2 heterocycles. The fraction of sp³-hybridized carbons (Fsp3) is 0.818. The average molecular weight is 242 g/mol. The summed E-state index contributed by atoms with van der Waals surface area (Å²) >= 11 is 0. The molecule has 17 heavy (non-hydrogen) atoms. The lowest BCUT2D eigenvalue weighted by atomic mass is 9.87. The predicted molar refractivity (Wildman–Crippen MR) is 59.6 cm³/mol. The minimum Gasteiger partial charge on any atom is -0.480 e.